The van der Waals surface area contributed by atoms with Gasteiger partial charge in [0.1, 0.15) is 5.69 Å². The van der Waals surface area contributed by atoms with E-state index in [0.29, 0.717) is 11.7 Å². The fourth-order valence-corrected chi connectivity index (χ4v) is 2.33. The zero-order chi connectivity index (χ0) is 14.5. The zero-order valence-electron chi connectivity index (χ0n) is 12.5. The highest BCUT2D eigenvalue weighted by atomic mass is 16.1. The van der Waals surface area contributed by atoms with E-state index < -0.39 is 0 Å². The summed E-state index contributed by atoms with van der Waals surface area (Å²) in [4.78, 5) is 16.6. The van der Waals surface area contributed by atoms with Gasteiger partial charge in [-0.05, 0) is 38.4 Å². The first-order valence-electron chi connectivity index (χ1n) is 7.29. The number of aromatic nitrogens is 2. The minimum absolute atomic E-state index is 0.0283. The molecule has 4 nitrogen and oxygen atoms in total. The van der Waals surface area contributed by atoms with Crippen LogP contribution in [-0.4, -0.2) is 22.1 Å². The summed E-state index contributed by atoms with van der Waals surface area (Å²) in [5.74, 6) is 0. The molecule has 2 rings (SSSR count). The lowest BCUT2D eigenvalue weighted by molar-refractivity contribution is 0.530. The Labute approximate surface area is 119 Å². The van der Waals surface area contributed by atoms with Crippen molar-refractivity contribution in [3.8, 4) is 0 Å². The Hall–Kier alpha value is -1.68. The lowest BCUT2D eigenvalue weighted by atomic mass is 10.2. The second kappa shape index (κ2) is 6.66. The van der Waals surface area contributed by atoms with Gasteiger partial charge in [-0.1, -0.05) is 26.0 Å². The van der Waals surface area contributed by atoms with Gasteiger partial charge in [-0.2, -0.15) is 0 Å². The van der Waals surface area contributed by atoms with Crippen LogP contribution < -0.4 is 10.9 Å². The molecule has 0 aliphatic heterocycles. The summed E-state index contributed by atoms with van der Waals surface area (Å²) >= 11 is 0. The fourth-order valence-electron chi connectivity index (χ4n) is 2.33. The first-order chi connectivity index (χ1) is 9.59. The highest BCUT2D eigenvalue weighted by Gasteiger charge is 2.07. The van der Waals surface area contributed by atoms with Gasteiger partial charge in [0.25, 0.3) is 5.56 Å². The molecule has 4 heteroatoms. The van der Waals surface area contributed by atoms with Gasteiger partial charge in [-0.3, -0.25) is 4.79 Å². The van der Waals surface area contributed by atoms with Gasteiger partial charge in [-0.25, -0.2) is 4.98 Å². The fraction of sp³-hybridized carbons (Fsp3) is 0.500. The minimum Gasteiger partial charge on any atom is -0.315 e. The van der Waals surface area contributed by atoms with Crippen molar-refractivity contribution in [2.75, 3.05) is 6.54 Å². The molecule has 1 aromatic carbocycles. The Morgan fingerprint density at radius 2 is 2.00 bits per heavy atom. The molecule has 0 fully saturated rings. The van der Waals surface area contributed by atoms with Crippen LogP contribution in [0.5, 0.6) is 0 Å². The van der Waals surface area contributed by atoms with Crippen molar-refractivity contribution in [1.29, 1.82) is 0 Å². The number of benzene rings is 1. The summed E-state index contributed by atoms with van der Waals surface area (Å²) in [5, 5.41) is 3.40. The van der Waals surface area contributed by atoms with Crippen LogP contribution in [0, 0.1) is 6.92 Å². The van der Waals surface area contributed by atoms with E-state index >= 15 is 0 Å². The van der Waals surface area contributed by atoms with Crippen molar-refractivity contribution < 1.29 is 0 Å². The normalized spacial score (nSPS) is 11.4. The second-order valence-corrected chi connectivity index (χ2v) is 5.46. The number of para-hydroxylation sites is 2. The predicted molar refractivity (Wildman–Crippen MR) is 83.1 cm³/mol. The molecule has 2 aromatic rings. The SMILES string of the molecule is Cc1nc2ccccc2n(CCCCNC(C)C)c1=O. The first-order valence-corrected chi connectivity index (χ1v) is 7.29. The van der Waals surface area contributed by atoms with Gasteiger partial charge in [0.2, 0.25) is 0 Å². The molecular formula is C16H23N3O. The summed E-state index contributed by atoms with van der Waals surface area (Å²) in [6, 6.07) is 8.35. The van der Waals surface area contributed by atoms with Gasteiger partial charge < -0.3 is 9.88 Å². The molecule has 1 N–H and O–H groups in total. The van der Waals surface area contributed by atoms with Crippen LogP contribution in [0.15, 0.2) is 29.1 Å². The molecule has 0 saturated carbocycles. The highest BCUT2D eigenvalue weighted by molar-refractivity contribution is 5.74. The van der Waals surface area contributed by atoms with Gasteiger partial charge in [0, 0.05) is 12.6 Å². The molecule has 0 amide bonds. The molecule has 20 heavy (non-hydrogen) atoms. The summed E-state index contributed by atoms with van der Waals surface area (Å²) in [7, 11) is 0. The van der Waals surface area contributed by atoms with E-state index in [0.717, 1.165) is 37.0 Å². The number of hydrogen-bond acceptors (Lipinski definition) is 3. The molecule has 0 bridgehead atoms. The van der Waals surface area contributed by atoms with Crippen LogP contribution in [0.4, 0.5) is 0 Å². The summed E-state index contributed by atoms with van der Waals surface area (Å²) in [6.45, 7) is 7.82. The van der Waals surface area contributed by atoms with E-state index in [1.807, 2.05) is 28.8 Å². The molecule has 0 radical (unpaired) electrons. The highest BCUT2D eigenvalue weighted by Crippen LogP contribution is 2.10. The molecule has 0 atom stereocenters. The van der Waals surface area contributed by atoms with Crippen LogP contribution in [0.3, 0.4) is 0 Å². The van der Waals surface area contributed by atoms with Gasteiger partial charge in [0.05, 0.1) is 11.0 Å². The third kappa shape index (κ3) is 3.45. The third-order valence-corrected chi connectivity index (χ3v) is 3.38. The second-order valence-electron chi connectivity index (χ2n) is 5.46. The third-order valence-electron chi connectivity index (χ3n) is 3.38. The van der Waals surface area contributed by atoms with Gasteiger partial charge in [0.15, 0.2) is 0 Å². The first kappa shape index (κ1) is 14.7. The number of nitrogens with zero attached hydrogens (tertiary/aromatic N) is 2. The Morgan fingerprint density at radius 1 is 1.25 bits per heavy atom. The van der Waals surface area contributed by atoms with E-state index in [1.165, 1.54) is 0 Å². The summed E-state index contributed by atoms with van der Waals surface area (Å²) < 4.78 is 1.85. The lowest BCUT2D eigenvalue weighted by Crippen LogP contribution is -2.26. The van der Waals surface area contributed by atoms with Crippen molar-refractivity contribution >= 4 is 11.0 Å². The maximum Gasteiger partial charge on any atom is 0.272 e. The zero-order valence-corrected chi connectivity index (χ0v) is 12.5. The Morgan fingerprint density at radius 3 is 2.75 bits per heavy atom. The predicted octanol–water partition coefficient (Wildman–Crippen LogP) is 2.48. The molecule has 0 unspecified atom stereocenters. The molecule has 108 valence electrons. The van der Waals surface area contributed by atoms with E-state index in [1.54, 1.807) is 6.92 Å². The van der Waals surface area contributed by atoms with Crippen molar-refractivity contribution in [3.05, 3.63) is 40.3 Å². The largest absolute Gasteiger partial charge is 0.315 e. The maximum absolute atomic E-state index is 12.2. The smallest absolute Gasteiger partial charge is 0.272 e. The van der Waals surface area contributed by atoms with Crippen LogP contribution in [-0.2, 0) is 6.54 Å². The van der Waals surface area contributed by atoms with Crippen LogP contribution in [0.2, 0.25) is 0 Å². The number of hydrogen-bond donors (Lipinski definition) is 1. The molecular weight excluding hydrogens is 250 g/mol. The van der Waals surface area contributed by atoms with E-state index in [2.05, 4.69) is 24.1 Å². The van der Waals surface area contributed by atoms with Crippen molar-refractivity contribution in [3.63, 3.8) is 0 Å². The average molecular weight is 273 g/mol. The number of rotatable bonds is 6. The van der Waals surface area contributed by atoms with Crippen molar-refractivity contribution in [2.45, 2.75) is 46.2 Å². The number of nitrogens with one attached hydrogen (secondary N) is 1. The number of aryl methyl sites for hydroxylation is 2. The molecule has 1 heterocycles. The summed E-state index contributed by atoms with van der Waals surface area (Å²) in [5.41, 5.74) is 2.43. The topological polar surface area (TPSA) is 46.9 Å². The quantitative estimate of drug-likeness (QED) is 0.823. The van der Waals surface area contributed by atoms with E-state index in [-0.39, 0.29) is 5.56 Å². The minimum atomic E-state index is 0.0283. The van der Waals surface area contributed by atoms with Gasteiger partial charge >= 0.3 is 0 Å². The van der Waals surface area contributed by atoms with Crippen molar-refractivity contribution in [2.24, 2.45) is 0 Å². The van der Waals surface area contributed by atoms with Crippen LogP contribution in [0.1, 0.15) is 32.4 Å². The molecule has 1 aromatic heterocycles. The van der Waals surface area contributed by atoms with Crippen LogP contribution >= 0.6 is 0 Å². The van der Waals surface area contributed by atoms with E-state index in [4.69, 9.17) is 0 Å². The maximum atomic E-state index is 12.2. The Balaban J connectivity index is 2.13. The molecule has 0 saturated heterocycles. The summed E-state index contributed by atoms with van der Waals surface area (Å²) in [6.07, 6.45) is 2.06. The number of unbranched alkanes of at least 4 members (excludes halogenated alkanes) is 1. The Kier molecular flexibility index (Phi) is 4.90. The monoisotopic (exact) mass is 273 g/mol. The Bertz CT molecular complexity index is 631. The van der Waals surface area contributed by atoms with E-state index in [9.17, 15) is 4.79 Å². The molecule has 0 aliphatic rings. The molecule has 0 spiro atoms. The number of fused-ring (bicyclic) bond motifs is 1. The average Bonchev–Trinajstić information content (AvgIpc) is 2.42. The van der Waals surface area contributed by atoms with Crippen molar-refractivity contribution in [1.82, 2.24) is 14.9 Å². The van der Waals surface area contributed by atoms with Crippen LogP contribution in [0.25, 0.3) is 11.0 Å². The standard InChI is InChI=1S/C16H23N3O/c1-12(2)17-10-6-7-11-19-15-9-5-4-8-14(15)18-13(3)16(19)20/h4-5,8-9,12,17H,6-7,10-11H2,1-3H3. The molecule has 0 aliphatic carbocycles. The van der Waals surface area contributed by atoms with Gasteiger partial charge in [-0.15, -0.1) is 0 Å². The lowest BCUT2D eigenvalue weighted by Gasteiger charge is -2.12.